The van der Waals surface area contributed by atoms with E-state index in [0.29, 0.717) is 11.5 Å². The molecule has 18 heavy (non-hydrogen) atoms. The monoisotopic (exact) mass is 254 g/mol. The van der Waals surface area contributed by atoms with E-state index in [4.69, 9.17) is 0 Å². The number of carbonyl (C=O) groups is 1. The predicted molar refractivity (Wildman–Crippen MR) is 76.5 cm³/mol. The molecule has 1 heterocycles. The summed E-state index contributed by atoms with van der Waals surface area (Å²) >= 11 is 0. The zero-order valence-electron chi connectivity index (χ0n) is 12.5. The van der Waals surface area contributed by atoms with Gasteiger partial charge in [-0.3, -0.25) is 4.79 Å². The second-order valence-electron chi connectivity index (χ2n) is 6.89. The van der Waals surface area contributed by atoms with E-state index in [9.17, 15) is 4.79 Å². The molecule has 2 N–H and O–H groups in total. The van der Waals surface area contributed by atoms with Gasteiger partial charge in [0.15, 0.2) is 0 Å². The van der Waals surface area contributed by atoms with Crippen LogP contribution >= 0.6 is 0 Å². The van der Waals surface area contributed by atoms with Gasteiger partial charge in [0.05, 0.1) is 0 Å². The number of nitrogens with one attached hydrogen (secondary N) is 2. The zero-order valence-corrected chi connectivity index (χ0v) is 12.5. The first kappa shape index (κ1) is 15.5. The highest BCUT2D eigenvalue weighted by atomic mass is 16.1. The molecule has 1 amide bonds. The minimum atomic E-state index is 0.226. The van der Waals surface area contributed by atoms with Crippen molar-refractivity contribution >= 4 is 5.91 Å². The molecule has 0 spiro atoms. The number of piperidine rings is 1. The molecule has 1 aliphatic heterocycles. The lowest BCUT2D eigenvalue weighted by atomic mass is 9.90. The molecule has 3 heteroatoms. The first-order valence-corrected chi connectivity index (χ1v) is 7.39. The maximum Gasteiger partial charge on any atom is 0.223 e. The average molecular weight is 254 g/mol. The van der Waals surface area contributed by atoms with E-state index in [2.05, 4.69) is 38.3 Å². The third-order valence-corrected chi connectivity index (χ3v) is 3.65. The van der Waals surface area contributed by atoms with Crippen molar-refractivity contribution in [3.8, 4) is 0 Å². The van der Waals surface area contributed by atoms with Gasteiger partial charge in [-0.25, -0.2) is 0 Å². The fourth-order valence-corrected chi connectivity index (χ4v) is 2.51. The van der Waals surface area contributed by atoms with E-state index in [1.165, 1.54) is 12.8 Å². The first-order valence-electron chi connectivity index (χ1n) is 7.39. The number of hydrogen-bond acceptors (Lipinski definition) is 2. The Morgan fingerprint density at radius 2 is 2.06 bits per heavy atom. The van der Waals surface area contributed by atoms with Crippen LogP contribution in [0.2, 0.25) is 0 Å². The lowest BCUT2D eigenvalue weighted by Gasteiger charge is -2.27. The second-order valence-corrected chi connectivity index (χ2v) is 6.89. The van der Waals surface area contributed by atoms with Crippen LogP contribution in [0.1, 0.15) is 59.8 Å². The zero-order chi connectivity index (χ0) is 13.6. The van der Waals surface area contributed by atoms with E-state index in [1.54, 1.807) is 0 Å². The number of unbranched alkanes of at least 4 members (excludes halogenated alkanes) is 1. The van der Waals surface area contributed by atoms with Gasteiger partial charge in [-0.2, -0.15) is 0 Å². The molecule has 0 aromatic heterocycles. The van der Waals surface area contributed by atoms with Crippen LogP contribution in [0.3, 0.4) is 0 Å². The van der Waals surface area contributed by atoms with E-state index in [0.717, 1.165) is 32.4 Å². The van der Waals surface area contributed by atoms with Crippen LogP contribution in [-0.4, -0.2) is 25.0 Å². The van der Waals surface area contributed by atoms with Crippen LogP contribution in [0.5, 0.6) is 0 Å². The van der Waals surface area contributed by atoms with Crippen molar-refractivity contribution < 1.29 is 4.79 Å². The smallest absolute Gasteiger partial charge is 0.223 e. The van der Waals surface area contributed by atoms with Gasteiger partial charge in [-0.05, 0) is 44.6 Å². The van der Waals surface area contributed by atoms with E-state index >= 15 is 0 Å². The second kappa shape index (κ2) is 7.13. The van der Waals surface area contributed by atoms with Gasteiger partial charge in [-0.1, -0.05) is 27.2 Å². The molecule has 1 saturated heterocycles. The molecule has 1 fully saturated rings. The molecule has 0 aliphatic carbocycles. The van der Waals surface area contributed by atoms with Crippen molar-refractivity contribution in [3.63, 3.8) is 0 Å². The number of hydrogen-bond donors (Lipinski definition) is 2. The lowest BCUT2D eigenvalue weighted by Crippen LogP contribution is -2.42. The Balaban J connectivity index is 2.10. The maximum atomic E-state index is 12.0. The van der Waals surface area contributed by atoms with Crippen molar-refractivity contribution in [1.29, 1.82) is 0 Å². The van der Waals surface area contributed by atoms with E-state index < -0.39 is 0 Å². The third kappa shape index (κ3) is 6.39. The number of carbonyl (C=O) groups excluding carboxylic acids is 1. The summed E-state index contributed by atoms with van der Waals surface area (Å²) in [5, 5.41) is 6.47. The van der Waals surface area contributed by atoms with Crippen LogP contribution in [-0.2, 0) is 4.79 Å². The Kier molecular flexibility index (Phi) is 6.13. The van der Waals surface area contributed by atoms with Crippen molar-refractivity contribution in [2.45, 2.75) is 65.8 Å². The summed E-state index contributed by atoms with van der Waals surface area (Å²) in [7, 11) is 0. The fraction of sp³-hybridized carbons (Fsp3) is 0.933. The van der Waals surface area contributed by atoms with Gasteiger partial charge in [0.25, 0.3) is 0 Å². The molecule has 1 rings (SSSR count). The van der Waals surface area contributed by atoms with Crippen molar-refractivity contribution in [3.05, 3.63) is 0 Å². The van der Waals surface area contributed by atoms with Gasteiger partial charge in [0.1, 0.15) is 0 Å². The van der Waals surface area contributed by atoms with Gasteiger partial charge in [0, 0.05) is 18.5 Å². The van der Waals surface area contributed by atoms with Crippen LogP contribution < -0.4 is 10.6 Å². The minimum absolute atomic E-state index is 0.226. The van der Waals surface area contributed by atoms with Crippen LogP contribution in [0.4, 0.5) is 0 Å². The van der Waals surface area contributed by atoms with E-state index in [1.807, 2.05) is 0 Å². The number of rotatable bonds is 5. The SMILES string of the molecule is C[C@H]1C[C@@H](C(=O)NCCCCC(C)(C)C)CCN1. The Morgan fingerprint density at radius 3 is 2.67 bits per heavy atom. The summed E-state index contributed by atoms with van der Waals surface area (Å²) in [4.78, 5) is 12.0. The highest BCUT2D eigenvalue weighted by molar-refractivity contribution is 5.78. The van der Waals surface area contributed by atoms with Gasteiger partial charge in [-0.15, -0.1) is 0 Å². The fourth-order valence-electron chi connectivity index (χ4n) is 2.51. The Hall–Kier alpha value is -0.570. The minimum Gasteiger partial charge on any atom is -0.356 e. The molecular weight excluding hydrogens is 224 g/mol. The molecule has 1 aliphatic rings. The summed E-state index contributed by atoms with van der Waals surface area (Å²) < 4.78 is 0. The van der Waals surface area contributed by atoms with Gasteiger partial charge >= 0.3 is 0 Å². The number of amides is 1. The highest BCUT2D eigenvalue weighted by Gasteiger charge is 2.24. The quantitative estimate of drug-likeness (QED) is 0.741. The molecule has 0 radical (unpaired) electrons. The molecule has 106 valence electrons. The molecule has 0 saturated carbocycles. The molecule has 0 unspecified atom stereocenters. The van der Waals surface area contributed by atoms with Crippen LogP contribution in [0.25, 0.3) is 0 Å². The molecule has 0 bridgehead atoms. The van der Waals surface area contributed by atoms with Gasteiger partial charge < -0.3 is 10.6 Å². The van der Waals surface area contributed by atoms with Crippen molar-refractivity contribution in [1.82, 2.24) is 10.6 Å². The standard InChI is InChI=1S/C15H30N2O/c1-12-11-13(7-10-16-12)14(18)17-9-6-5-8-15(2,3)4/h12-13,16H,5-11H2,1-4H3,(H,17,18)/t12-,13-/m0/s1. The average Bonchev–Trinajstić information content (AvgIpc) is 2.26. The topological polar surface area (TPSA) is 41.1 Å². The largest absolute Gasteiger partial charge is 0.356 e. The van der Waals surface area contributed by atoms with Crippen molar-refractivity contribution in [2.75, 3.05) is 13.1 Å². The molecule has 0 aromatic carbocycles. The maximum absolute atomic E-state index is 12.0. The third-order valence-electron chi connectivity index (χ3n) is 3.65. The normalized spacial score (nSPS) is 24.9. The van der Waals surface area contributed by atoms with Crippen LogP contribution in [0, 0.1) is 11.3 Å². The Labute approximate surface area is 112 Å². The summed E-state index contributed by atoms with van der Waals surface area (Å²) in [6.45, 7) is 10.8. The first-order chi connectivity index (χ1) is 8.38. The molecule has 3 nitrogen and oxygen atoms in total. The van der Waals surface area contributed by atoms with Crippen LogP contribution in [0.15, 0.2) is 0 Å². The lowest BCUT2D eigenvalue weighted by molar-refractivity contribution is -0.126. The van der Waals surface area contributed by atoms with E-state index in [-0.39, 0.29) is 11.8 Å². The molecule has 0 aromatic rings. The Morgan fingerprint density at radius 1 is 1.33 bits per heavy atom. The summed E-state index contributed by atoms with van der Waals surface area (Å²) in [6.07, 6.45) is 5.50. The Bertz CT molecular complexity index is 258. The molecular formula is C15H30N2O. The van der Waals surface area contributed by atoms with Crippen molar-refractivity contribution in [2.24, 2.45) is 11.3 Å². The summed E-state index contributed by atoms with van der Waals surface area (Å²) in [5.41, 5.74) is 0.411. The highest BCUT2D eigenvalue weighted by Crippen LogP contribution is 2.21. The summed E-state index contributed by atoms with van der Waals surface area (Å²) in [5.74, 6) is 0.489. The predicted octanol–water partition coefficient (Wildman–Crippen LogP) is 2.71. The molecule has 2 atom stereocenters. The van der Waals surface area contributed by atoms with Gasteiger partial charge in [0.2, 0.25) is 5.91 Å². The summed E-state index contributed by atoms with van der Waals surface area (Å²) in [6, 6.07) is 0.482.